The number of aromatic hydroxyl groups is 1. The smallest absolute Gasteiger partial charge is 0.120 e. The number of hydrogen-bond donors (Lipinski definition) is 1. The maximum absolute atomic E-state index is 10.4. The number of rotatable bonds is 1. The van der Waals surface area contributed by atoms with Gasteiger partial charge in [-0.1, -0.05) is 0 Å². The molecule has 4 aliphatic carbocycles. The molecule has 0 heterocycles. The fourth-order valence-corrected chi connectivity index (χ4v) is 6.56. The van der Waals surface area contributed by atoms with Crippen LogP contribution in [0.2, 0.25) is 0 Å². The summed E-state index contributed by atoms with van der Waals surface area (Å²) in [6.45, 7) is 0. The second-order valence-corrected chi connectivity index (χ2v) is 8.99. The van der Waals surface area contributed by atoms with E-state index in [1.54, 1.807) is 0 Å². The lowest BCUT2D eigenvalue weighted by molar-refractivity contribution is -0.00376. The van der Waals surface area contributed by atoms with Crippen LogP contribution in [0, 0.1) is 30.8 Å². The van der Waals surface area contributed by atoms with E-state index in [1.165, 1.54) is 44.8 Å². The van der Waals surface area contributed by atoms with E-state index in [1.807, 2.05) is 12.1 Å². The normalized spacial score (nSPS) is 39.8. The summed E-state index contributed by atoms with van der Waals surface area (Å²) in [5.41, 5.74) is 1.28. The van der Waals surface area contributed by atoms with Gasteiger partial charge in [0, 0.05) is 12.7 Å². The molecule has 0 atom stereocenters. The predicted molar refractivity (Wildman–Crippen MR) is 93.3 cm³/mol. The van der Waals surface area contributed by atoms with E-state index in [4.69, 9.17) is 0 Å². The molecule has 4 fully saturated rings. The van der Waals surface area contributed by atoms with E-state index in [0.29, 0.717) is 11.7 Å². The van der Waals surface area contributed by atoms with Gasteiger partial charge in [-0.25, -0.2) is 0 Å². The van der Waals surface area contributed by atoms with Crippen LogP contribution < -0.4 is 0 Å². The van der Waals surface area contributed by atoms with Gasteiger partial charge in [0.05, 0.1) is 0 Å². The highest BCUT2D eigenvalue weighted by atomic mass is 127. The first kappa shape index (κ1) is 13.2. The molecule has 1 nitrogen and oxygen atoms in total. The van der Waals surface area contributed by atoms with Crippen molar-refractivity contribution in [3.05, 3.63) is 24.8 Å². The summed E-state index contributed by atoms with van der Waals surface area (Å²) in [6, 6.07) is 3.95. The van der Waals surface area contributed by atoms with Crippen molar-refractivity contribution in [2.75, 3.05) is 0 Å². The number of halogens is 2. The van der Waals surface area contributed by atoms with Crippen LogP contribution in [-0.2, 0) is 0 Å². The van der Waals surface area contributed by atoms with Crippen molar-refractivity contribution in [2.24, 2.45) is 23.7 Å². The van der Waals surface area contributed by atoms with Crippen LogP contribution in [0.15, 0.2) is 12.1 Å². The lowest BCUT2D eigenvalue weighted by Crippen LogP contribution is -2.44. The lowest BCUT2D eigenvalue weighted by atomic mass is 9.50. The largest absolute Gasteiger partial charge is 0.508 e. The lowest BCUT2D eigenvalue weighted by Gasteiger charge is -2.54. The van der Waals surface area contributed by atoms with E-state index < -0.39 is 0 Å². The standard InChI is InChI=1S/C16H18I2O/c17-12-1-2-13(19)15(16(12)18)14-10-4-8-3-9(6-10)7-11(14)5-8/h1-2,8-11,14,19H,3-7H2. The zero-order valence-corrected chi connectivity index (χ0v) is 15.1. The quantitative estimate of drug-likeness (QED) is 0.553. The topological polar surface area (TPSA) is 20.2 Å². The molecule has 0 amide bonds. The molecule has 0 spiro atoms. The Labute approximate surface area is 141 Å². The van der Waals surface area contributed by atoms with Crippen molar-refractivity contribution >= 4 is 45.2 Å². The molecule has 0 unspecified atom stereocenters. The number of phenolic OH excluding ortho intramolecular Hbond substituents is 1. The van der Waals surface area contributed by atoms with Gasteiger partial charge >= 0.3 is 0 Å². The molecule has 1 aromatic rings. The average Bonchev–Trinajstić information content (AvgIpc) is 2.36. The molecule has 1 aromatic carbocycles. The monoisotopic (exact) mass is 480 g/mol. The first-order valence-corrected chi connectivity index (χ1v) is 9.46. The van der Waals surface area contributed by atoms with E-state index in [-0.39, 0.29) is 0 Å². The van der Waals surface area contributed by atoms with Crippen molar-refractivity contribution in [1.82, 2.24) is 0 Å². The number of phenols is 1. The molecule has 0 aliphatic heterocycles. The summed E-state index contributed by atoms with van der Waals surface area (Å²) in [7, 11) is 0. The number of hydrogen-bond acceptors (Lipinski definition) is 1. The highest BCUT2D eigenvalue weighted by Crippen LogP contribution is 2.61. The summed E-state index contributed by atoms with van der Waals surface area (Å²) in [6.07, 6.45) is 7.16. The van der Waals surface area contributed by atoms with Crippen molar-refractivity contribution < 1.29 is 5.11 Å². The second-order valence-electron chi connectivity index (χ2n) is 6.75. The third kappa shape index (κ3) is 2.05. The molecule has 1 N–H and O–H groups in total. The van der Waals surface area contributed by atoms with Gasteiger partial charge in [0.2, 0.25) is 0 Å². The molecule has 19 heavy (non-hydrogen) atoms. The summed E-state index contributed by atoms with van der Waals surface area (Å²) >= 11 is 4.84. The molecular formula is C16H18I2O. The van der Waals surface area contributed by atoms with Crippen molar-refractivity contribution in [2.45, 2.75) is 38.0 Å². The highest BCUT2D eigenvalue weighted by molar-refractivity contribution is 14.1. The van der Waals surface area contributed by atoms with Gasteiger partial charge in [-0.05, 0) is 119 Å². The minimum absolute atomic E-state index is 0.544. The first-order valence-electron chi connectivity index (χ1n) is 7.30. The fourth-order valence-electron chi connectivity index (χ4n) is 5.27. The fraction of sp³-hybridized carbons (Fsp3) is 0.625. The molecular weight excluding hydrogens is 462 g/mol. The van der Waals surface area contributed by atoms with Crippen LogP contribution >= 0.6 is 45.2 Å². The maximum Gasteiger partial charge on any atom is 0.120 e. The Balaban J connectivity index is 1.79. The van der Waals surface area contributed by atoms with Crippen LogP contribution in [0.1, 0.15) is 43.6 Å². The van der Waals surface area contributed by atoms with Crippen LogP contribution in [0.5, 0.6) is 5.75 Å². The van der Waals surface area contributed by atoms with Gasteiger partial charge in [-0.3, -0.25) is 0 Å². The van der Waals surface area contributed by atoms with Crippen LogP contribution in [0.3, 0.4) is 0 Å². The Morgan fingerprint density at radius 1 is 0.895 bits per heavy atom. The third-order valence-corrected chi connectivity index (χ3v) is 8.76. The van der Waals surface area contributed by atoms with E-state index >= 15 is 0 Å². The predicted octanol–water partition coefficient (Wildman–Crippen LogP) is 5.14. The first-order chi connectivity index (χ1) is 9.13. The van der Waals surface area contributed by atoms with Crippen molar-refractivity contribution in [3.63, 3.8) is 0 Å². The number of benzene rings is 1. The zero-order valence-electron chi connectivity index (χ0n) is 10.8. The van der Waals surface area contributed by atoms with Gasteiger partial charge < -0.3 is 5.11 Å². The minimum Gasteiger partial charge on any atom is -0.508 e. The second kappa shape index (κ2) is 4.75. The Kier molecular flexibility index (Phi) is 3.29. The average molecular weight is 480 g/mol. The van der Waals surface area contributed by atoms with Crippen LogP contribution in [0.4, 0.5) is 0 Å². The molecule has 3 heteroatoms. The molecule has 102 valence electrons. The van der Waals surface area contributed by atoms with Gasteiger partial charge in [-0.2, -0.15) is 0 Å². The molecule has 0 aromatic heterocycles. The Bertz CT molecular complexity index is 498. The molecule has 4 saturated carbocycles. The van der Waals surface area contributed by atoms with Crippen molar-refractivity contribution in [1.29, 1.82) is 0 Å². The Hall–Kier alpha value is 0.480. The third-order valence-electron chi connectivity index (χ3n) is 5.67. The van der Waals surface area contributed by atoms with E-state index in [9.17, 15) is 5.11 Å². The highest BCUT2D eigenvalue weighted by Gasteiger charge is 2.49. The van der Waals surface area contributed by atoms with Crippen LogP contribution in [-0.4, -0.2) is 5.11 Å². The molecule has 5 rings (SSSR count). The maximum atomic E-state index is 10.4. The molecule has 0 saturated heterocycles. The SMILES string of the molecule is Oc1ccc(I)c(I)c1C1C2CC3CC(C2)CC1C3. The van der Waals surface area contributed by atoms with Gasteiger partial charge in [-0.15, -0.1) is 0 Å². The summed E-state index contributed by atoms with van der Waals surface area (Å²) in [4.78, 5) is 0. The summed E-state index contributed by atoms with van der Waals surface area (Å²) in [5, 5.41) is 10.4. The van der Waals surface area contributed by atoms with Gasteiger partial charge in [0.1, 0.15) is 5.75 Å². The minimum atomic E-state index is 0.544. The Morgan fingerprint density at radius 3 is 2.05 bits per heavy atom. The van der Waals surface area contributed by atoms with Crippen molar-refractivity contribution in [3.8, 4) is 5.75 Å². The molecule has 4 bridgehead atoms. The van der Waals surface area contributed by atoms with Crippen LogP contribution in [0.25, 0.3) is 0 Å². The summed E-state index contributed by atoms with van der Waals surface area (Å²) in [5.74, 6) is 4.86. The van der Waals surface area contributed by atoms with Gasteiger partial charge in [0.15, 0.2) is 0 Å². The van der Waals surface area contributed by atoms with E-state index in [2.05, 4.69) is 45.2 Å². The Morgan fingerprint density at radius 2 is 1.47 bits per heavy atom. The summed E-state index contributed by atoms with van der Waals surface area (Å²) < 4.78 is 2.59. The zero-order chi connectivity index (χ0) is 13.1. The van der Waals surface area contributed by atoms with E-state index in [0.717, 1.165) is 23.7 Å². The van der Waals surface area contributed by atoms with Gasteiger partial charge in [0.25, 0.3) is 0 Å². The molecule has 0 radical (unpaired) electrons. The molecule has 4 aliphatic rings.